The summed E-state index contributed by atoms with van der Waals surface area (Å²) in [6.45, 7) is 2.17. The van der Waals surface area contributed by atoms with Gasteiger partial charge in [0.05, 0.1) is 0 Å². The summed E-state index contributed by atoms with van der Waals surface area (Å²) in [4.78, 5) is 18.0. The zero-order valence-electron chi connectivity index (χ0n) is 13.3. The van der Waals surface area contributed by atoms with Crippen molar-refractivity contribution in [1.82, 2.24) is 0 Å². The molecule has 2 rings (SSSR count). The van der Waals surface area contributed by atoms with Crippen molar-refractivity contribution in [2.75, 3.05) is 0 Å². The molecule has 0 aliphatic carbocycles. The van der Waals surface area contributed by atoms with Gasteiger partial charge in [0.15, 0.2) is 0 Å². The zero-order valence-corrected chi connectivity index (χ0v) is 20.1. The third-order valence-corrected chi connectivity index (χ3v) is 1.33. The molecule has 2 aromatic carbocycles. The second kappa shape index (κ2) is 33.8. The van der Waals surface area contributed by atoms with E-state index in [1.165, 1.54) is 0 Å². The number of aliphatic carboxylic acids is 2. The van der Waals surface area contributed by atoms with E-state index in [4.69, 9.17) is 19.8 Å². The van der Waals surface area contributed by atoms with E-state index in [2.05, 4.69) is 0 Å². The first-order valence-corrected chi connectivity index (χ1v) is 5.86. The van der Waals surface area contributed by atoms with Crippen LogP contribution in [0.25, 0.3) is 0 Å². The van der Waals surface area contributed by atoms with Gasteiger partial charge < -0.3 is 10.2 Å². The zero-order chi connectivity index (χ0) is 15.6. The Hall–Kier alpha value is -0.700. The molecule has 24 heavy (non-hydrogen) atoms. The summed E-state index contributed by atoms with van der Waals surface area (Å²) in [6, 6.07) is 24.0. The fraction of sp³-hybridized carbons (Fsp3) is 0.125. The molecule has 0 fully saturated rings. The van der Waals surface area contributed by atoms with Gasteiger partial charge in [-0.2, -0.15) is 0 Å². The van der Waals surface area contributed by atoms with Crippen LogP contribution in [0.15, 0.2) is 72.8 Å². The number of carboxylic acids is 2. The van der Waals surface area contributed by atoms with E-state index in [-0.39, 0.29) is 67.9 Å². The van der Waals surface area contributed by atoms with Gasteiger partial charge in [0.2, 0.25) is 0 Å². The lowest BCUT2D eigenvalue weighted by Gasteiger charge is -1.69. The fourth-order valence-electron chi connectivity index (χ4n) is 0.770. The third-order valence-electron chi connectivity index (χ3n) is 1.33. The minimum absolute atomic E-state index is 0. The highest BCUT2D eigenvalue weighted by Gasteiger charge is 1.66. The Morgan fingerprint density at radius 2 is 0.500 bits per heavy atom. The second-order valence-corrected chi connectivity index (χ2v) is 3.35. The van der Waals surface area contributed by atoms with Crippen LogP contribution in [0.5, 0.6) is 0 Å². The molecule has 0 heterocycles. The predicted octanol–water partition coefficient (Wildman–Crippen LogP) is 5.87. The van der Waals surface area contributed by atoms with E-state index in [9.17, 15) is 0 Å². The molecule has 0 saturated heterocycles. The van der Waals surface area contributed by atoms with Crippen LogP contribution in [0.3, 0.4) is 0 Å². The van der Waals surface area contributed by atoms with Crippen molar-refractivity contribution >= 4 is 79.9 Å². The topological polar surface area (TPSA) is 74.6 Å². The SMILES string of the molecule is Br.Br.Br.Br.CC(=O)O.CC(=O)O.c1ccccc1.c1ccccc1. The van der Waals surface area contributed by atoms with E-state index in [0.29, 0.717) is 0 Å². The molecule has 2 aromatic rings. The molecule has 4 nitrogen and oxygen atoms in total. The van der Waals surface area contributed by atoms with Crippen LogP contribution in [0.4, 0.5) is 0 Å². The third kappa shape index (κ3) is 68.7. The smallest absolute Gasteiger partial charge is 0.300 e. The molecule has 2 N–H and O–H groups in total. The Balaban J connectivity index is -0.0000000435. The lowest BCUT2D eigenvalue weighted by atomic mass is 10.4. The number of halogens is 4. The highest BCUT2D eigenvalue weighted by atomic mass is 79.9. The average molecular weight is 600 g/mol. The minimum Gasteiger partial charge on any atom is -0.481 e. The Kier molecular flexibility index (Phi) is 54.5. The normalized spacial score (nSPS) is 6.08. The molecule has 0 radical (unpaired) electrons. The molecule has 0 spiro atoms. The molecule has 0 saturated carbocycles. The number of benzene rings is 2. The van der Waals surface area contributed by atoms with Gasteiger partial charge in [-0.25, -0.2) is 0 Å². The van der Waals surface area contributed by atoms with Gasteiger partial charge >= 0.3 is 0 Å². The quantitative estimate of drug-likeness (QED) is 0.398. The highest BCUT2D eigenvalue weighted by Crippen LogP contribution is 1.80. The fourth-order valence-corrected chi connectivity index (χ4v) is 0.770. The molecule has 140 valence electrons. The molecule has 0 atom stereocenters. The summed E-state index contributed by atoms with van der Waals surface area (Å²) >= 11 is 0. The number of hydrogen-bond acceptors (Lipinski definition) is 2. The van der Waals surface area contributed by atoms with E-state index in [1.54, 1.807) is 0 Å². The van der Waals surface area contributed by atoms with Crippen LogP contribution in [-0.4, -0.2) is 22.2 Å². The van der Waals surface area contributed by atoms with Crippen LogP contribution in [-0.2, 0) is 9.59 Å². The summed E-state index contributed by atoms with van der Waals surface area (Å²) in [7, 11) is 0. The van der Waals surface area contributed by atoms with Crippen LogP contribution in [0.1, 0.15) is 13.8 Å². The number of rotatable bonds is 0. The van der Waals surface area contributed by atoms with E-state index < -0.39 is 11.9 Å². The Morgan fingerprint density at radius 3 is 0.542 bits per heavy atom. The lowest BCUT2D eigenvalue weighted by Crippen LogP contribution is -1.78. The van der Waals surface area contributed by atoms with Crippen molar-refractivity contribution in [3.63, 3.8) is 0 Å². The van der Waals surface area contributed by atoms with Crippen LogP contribution >= 0.6 is 67.9 Å². The van der Waals surface area contributed by atoms with Gasteiger partial charge in [0, 0.05) is 13.8 Å². The number of hydrogen-bond donors (Lipinski definition) is 2. The summed E-state index contributed by atoms with van der Waals surface area (Å²) < 4.78 is 0. The van der Waals surface area contributed by atoms with Crippen molar-refractivity contribution in [1.29, 1.82) is 0 Å². The first-order valence-electron chi connectivity index (χ1n) is 5.86. The van der Waals surface area contributed by atoms with E-state index in [0.717, 1.165) is 13.8 Å². The number of carbonyl (C=O) groups is 2. The first kappa shape index (κ1) is 38.7. The molecule has 0 aliphatic rings. The van der Waals surface area contributed by atoms with Gasteiger partial charge in [-0.15, -0.1) is 67.9 Å². The first-order chi connectivity index (χ1) is 9.46. The van der Waals surface area contributed by atoms with Crippen molar-refractivity contribution in [3.8, 4) is 0 Å². The van der Waals surface area contributed by atoms with Gasteiger partial charge in [-0.1, -0.05) is 72.8 Å². The molecule has 0 aliphatic heterocycles. The van der Waals surface area contributed by atoms with Crippen molar-refractivity contribution in [3.05, 3.63) is 72.8 Å². The standard InChI is InChI=1S/2C6H6.2C2H4O2.4BrH/c2*1-2-4-6-5-3-1;2*1-2(3)4;;;;/h2*1-6H;2*1H3,(H,3,4);4*1H. The monoisotopic (exact) mass is 596 g/mol. The number of carboxylic acid groups (broad SMARTS) is 2. The molecule has 0 unspecified atom stereocenters. The maximum atomic E-state index is 9.00. The van der Waals surface area contributed by atoms with Crippen LogP contribution in [0.2, 0.25) is 0 Å². The molecule has 0 amide bonds. The van der Waals surface area contributed by atoms with Crippen molar-refractivity contribution in [2.24, 2.45) is 0 Å². The van der Waals surface area contributed by atoms with Gasteiger partial charge in [0.1, 0.15) is 0 Å². The average Bonchev–Trinajstić information content (AvgIpc) is 2.42. The Labute approximate surface area is 185 Å². The second-order valence-electron chi connectivity index (χ2n) is 3.35. The molecule has 8 heteroatoms. The van der Waals surface area contributed by atoms with Gasteiger partial charge in [-0.05, 0) is 0 Å². The van der Waals surface area contributed by atoms with Gasteiger partial charge in [0.25, 0.3) is 11.9 Å². The Morgan fingerprint density at radius 1 is 0.458 bits per heavy atom. The minimum atomic E-state index is -0.833. The summed E-state index contributed by atoms with van der Waals surface area (Å²) in [6.07, 6.45) is 0. The van der Waals surface area contributed by atoms with Crippen molar-refractivity contribution in [2.45, 2.75) is 13.8 Å². The Bertz CT molecular complexity index is 337. The lowest BCUT2D eigenvalue weighted by molar-refractivity contribution is -0.135. The van der Waals surface area contributed by atoms with Crippen LogP contribution < -0.4 is 0 Å². The van der Waals surface area contributed by atoms with Crippen LogP contribution in [0, 0.1) is 0 Å². The molecule has 0 bridgehead atoms. The van der Waals surface area contributed by atoms with E-state index in [1.807, 2.05) is 72.8 Å². The summed E-state index contributed by atoms with van der Waals surface area (Å²) in [5, 5.41) is 14.8. The van der Waals surface area contributed by atoms with E-state index >= 15 is 0 Å². The molecular formula is C16H24Br4O4. The molecule has 0 aromatic heterocycles. The summed E-state index contributed by atoms with van der Waals surface area (Å²) in [5.74, 6) is -1.67. The maximum Gasteiger partial charge on any atom is 0.300 e. The van der Waals surface area contributed by atoms with Crippen molar-refractivity contribution < 1.29 is 19.8 Å². The summed E-state index contributed by atoms with van der Waals surface area (Å²) in [5.41, 5.74) is 0. The molecular weight excluding hydrogens is 576 g/mol. The maximum absolute atomic E-state index is 9.00. The predicted molar refractivity (Wildman–Crippen MR) is 121 cm³/mol. The largest absolute Gasteiger partial charge is 0.481 e. The highest BCUT2D eigenvalue weighted by molar-refractivity contribution is 8.93. The van der Waals surface area contributed by atoms with Gasteiger partial charge in [-0.3, -0.25) is 9.59 Å².